The first-order chi connectivity index (χ1) is 17.0. The van der Waals surface area contributed by atoms with Crippen LogP contribution in [0.1, 0.15) is 29.1 Å². The Hall–Kier alpha value is -3.15. The van der Waals surface area contributed by atoms with Gasteiger partial charge in [0.05, 0.1) is 10.7 Å². The van der Waals surface area contributed by atoms with Crippen LogP contribution < -0.4 is 10.1 Å². The number of rotatable bonds is 8. The average Bonchev–Trinajstić information content (AvgIpc) is 3.44. The number of aromatic carboxylic acids is 1. The number of thiophene rings is 1. The first kappa shape index (κ1) is 25.9. The number of benzene rings is 1. The van der Waals surface area contributed by atoms with Crippen molar-refractivity contribution < 1.29 is 27.8 Å². The summed E-state index contributed by atoms with van der Waals surface area (Å²) in [6.45, 7) is 4.05. The molecule has 6 nitrogen and oxygen atoms in total. The van der Waals surface area contributed by atoms with Crippen molar-refractivity contribution in [2.45, 2.75) is 26.6 Å². The fourth-order valence-corrected chi connectivity index (χ4v) is 5.52. The van der Waals surface area contributed by atoms with Crippen LogP contribution in [-0.4, -0.2) is 27.4 Å². The molecule has 0 saturated heterocycles. The number of alkyl halides is 3. The van der Waals surface area contributed by atoms with Crippen LogP contribution in [0.4, 0.5) is 24.1 Å². The predicted octanol–water partition coefficient (Wildman–Crippen LogP) is 8.13. The van der Waals surface area contributed by atoms with Crippen molar-refractivity contribution in [2.75, 3.05) is 5.32 Å². The van der Waals surface area contributed by atoms with E-state index in [0.29, 0.717) is 28.4 Å². The first-order valence-electron chi connectivity index (χ1n) is 10.6. The topological polar surface area (TPSA) is 84.3 Å². The van der Waals surface area contributed by atoms with Crippen molar-refractivity contribution in [3.8, 4) is 27.4 Å². The normalized spacial score (nSPS) is 11.6. The molecule has 0 bridgehead atoms. The summed E-state index contributed by atoms with van der Waals surface area (Å²) in [5, 5.41) is 14.8. The first-order valence-corrected chi connectivity index (χ1v) is 12.7. The quantitative estimate of drug-likeness (QED) is 0.229. The predicted molar refractivity (Wildman–Crippen MR) is 136 cm³/mol. The number of hydrogen-bond acceptors (Lipinski definition) is 7. The summed E-state index contributed by atoms with van der Waals surface area (Å²) in [6, 6.07) is 9.25. The van der Waals surface area contributed by atoms with Crippen LogP contribution in [0.5, 0.6) is 5.75 Å². The fourth-order valence-electron chi connectivity index (χ4n) is 3.40. The van der Waals surface area contributed by atoms with E-state index in [-0.39, 0.29) is 22.3 Å². The molecule has 0 fully saturated rings. The number of pyridine rings is 1. The Kier molecular flexibility index (Phi) is 7.53. The number of aromatic nitrogens is 2. The smallest absolute Gasteiger partial charge is 0.478 e. The molecule has 2 N–H and O–H groups in total. The molecule has 1 aromatic carbocycles. The molecule has 0 amide bonds. The van der Waals surface area contributed by atoms with Crippen molar-refractivity contribution in [3.05, 3.63) is 63.4 Å². The highest BCUT2D eigenvalue weighted by Crippen LogP contribution is 2.39. The minimum absolute atomic E-state index is 0.0141. The van der Waals surface area contributed by atoms with Crippen LogP contribution in [0.25, 0.3) is 21.7 Å². The lowest BCUT2D eigenvalue weighted by atomic mass is 10.0. The van der Waals surface area contributed by atoms with Gasteiger partial charge in [0.25, 0.3) is 0 Å². The molecule has 3 heterocycles. The van der Waals surface area contributed by atoms with E-state index in [0.717, 1.165) is 15.8 Å². The lowest BCUT2D eigenvalue weighted by Gasteiger charge is -2.11. The zero-order valence-corrected chi connectivity index (χ0v) is 21.3. The highest BCUT2D eigenvalue weighted by Gasteiger charge is 2.32. The van der Waals surface area contributed by atoms with Gasteiger partial charge < -0.3 is 15.2 Å². The van der Waals surface area contributed by atoms with Crippen molar-refractivity contribution in [1.82, 2.24) is 9.97 Å². The zero-order chi connectivity index (χ0) is 26.0. The number of carbonyl (C=O) groups is 1. The summed E-state index contributed by atoms with van der Waals surface area (Å²) in [5.74, 6) is -1.26. The second-order valence-electron chi connectivity index (χ2n) is 8.11. The molecule has 0 aliphatic carbocycles. The monoisotopic (exact) mass is 553 g/mol. The summed E-state index contributed by atoms with van der Waals surface area (Å²) in [6.07, 6.45) is -2.63. The number of nitrogens with zero attached hydrogens (tertiary/aromatic N) is 2. The number of carboxylic acid groups (broad SMARTS) is 1. The number of hydrogen-bond donors (Lipinski definition) is 2. The van der Waals surface area contributed by atoms with Crippen LogP contribution in [0.2, 0.25) is 5.02 Å². The number of ether oxygens (including phenoxy) is 1. The van der Waals surface area contributed by atoms with Gasteiger partial charge in [-0.1, -0.05) is 31.5 Å². The summed E-state index contributed by atoms with van der Waals surface area (Å²) in [5.41, 5.74) is 1.71. The molecule has 0 aliphatic rings. The second-order valence-corrected chi connectivity index (χ2v) is 10.5. The molecule has 3 aromatic heterocycles. The molecule has 0 atom stereocenters. The third-order valence-electron chi connectivity index (χ3n) is 4.87. The molecule has 36 heavy (non-hydrogen) atoms. The summed E-state index contributed by atoms with van der Waals surface area (Å²) < 4.78 is 41.8. The third-order valence-corrected chi connectivity index (χ3v) is 7.08. The molecule has 0 saturated carbocycles. The molecule has 12 heteroatoms. The van der Waals surface area contributed by atoms with Crippen molar-refractivity contribution in [1.29, 1.82) is 0 Å². The molecule has 188 valence electrons. The van der Waals surface area contributed by atoms with Crippen molar-refractivity contribution in [2.24, 2.45) is 5.92 Å². The van der Waals surface area contributed by atoms with E-state index in [1.165, 1.54) is 34.8 Å². The van der Waals surface area contributed by atoms with Crippen LogP contribution in [0.15, 0.2) is 48.0 Å². The van der Waals surface area contributed by atoms with Gasteiger partial charge in [-0.15, -0.1) is 35.8 Å². The van der Waals surface area contributed by atoms with Gasteiger partial charge in [-0.05, 0) is 48.1 Å². The number of nitrogens with one attached hydrogen (secondary N) is 1. The lowest BCUT2D eigenvalue weighted by Crippen LogP contribution is -2.17. The van der Waals surface area contributed by atoms with Gasteiger partial charge in [0, 0.05) is 27.1 Å². The Morgan fingerprint density at radius 3 is 2.61 bits per heavy atom. The van der Waals surface area contributed by atoms with Gasteiger partial charge >= 0.3 is 12.3 Å². The van der Waals surface area contributed by atoms with Crippen LogP contribution >= 0.6 is 34.3 Å². The van der Waals surface area contributed by atoms with Gasteiger partial charge in [-0.3, -0.25) is 0 Å². The van der Waals surface area contributed by atoms with E-state index in [1.807, 2.05) is 31.4 Å². The number of halogens is 4. The third kappa shape index (κ3) is 6.15. The second kappa shape index (κ2) is 10.5. The van der Waals surface area contributed by atoms with E-state index in [1.54, 1.807) is 12.3 Å². The maximum absolute atomic E-state index is 12.6. The fraction of sp³-hybridized carbons (Fsp3) is 0.208. The lowest BCUT2D eigenvalue weighted by molar-refractivity contribution is -0.274. The van der Waals surface area contributed by atoms with Crippen molar-refractivity contribution >= 4 is 51.2 Å². The van der Waals surface area contributed by atoms with E-state index in [9.17, 15) is 23.1 Å². The molecule has 0 radical (unpaired) electrons. The van der Waals surface area contributed by atoms with Gasteiger partial charge in [0.2, 0.25) is 0 Å². The molecule has 0 unspecified atom stereocenters. The SMILES string of the molecule is CC(C)Cc1sc(Nc2ncc(-c3cccs3)cc2C(=O)O)nc1-c1ccc(OC(F)(F)F)c(Cl)c1. The summed E-state index contributed by atoms with van der Waals surface area (Å²) >= 11 is 8.84. The number of anilines is 2. The Labute approximate surface area is 217 Å². The molecule has 0 aliphatic heterocycles. The highest BCUT2D eigenvalue weighted by atomic mass is 35.5. The van der Waals surface area contributed by atoms with Gasteiger partial charge in [-0.2, -0.15) is 0 Å². The largest absolute Gasteiger partial charge is 0.573 e. The van der Waals surface area contributed by atoms with Crippen LogP contribution in [-0.2, 0) is 6.42 Å². The van der Waals surface area contributed by atoms with E-state index >= 15 is 0 Å². The zero-order valence-electron chi connectivity index (χ0n) is 18.9. The summed E-state index contributed by atoms with van der Waals surface area (Å²) in [4.78, 5) is 22.6. The van der Waals surface area contributed by atoms with E-state index in [4.69, 9.17) is 11.6 Å². The van der Waals surface area contributed by atoms with Gasteiger partial charge in [0.15, 0.2) is 5.13 Å². The van der Waals surface area contributed by atoms with E-state index in [2.05, 4.69) is 20.0 Å². The maximum Gasteiger partial charge on any atom is 0.573 e. The van der Waals surface area contributed by atoms with Crippen LogP contribution in [0, 0.1) is 5.92 Å². The Bertz CT molecular complexity index is 1390. The average molecular weight is 554 g/mol. The Morgan fingerprint density at radius 1 is 1.22 bits per heavy atom. The van der Waals surface area contributed by atoms with Crippen molar-refractivity contribution in [3.63, 3.8) is 0 Å². The van der Waals surface area contributed by atoms with Gasteiger partial charge in [0.1, 0.15) is 17.1 Å². The molecule has 0 spiro atoms. The van der Waals surface area contributed by atoms with E-state index < -0.39 is 18.1 Å². The number of carboxylic acids is 1. The molecular formula is C24H19ClF3N3O3S2. The molecule has 4 aromatic rings. The highest BCUT2D eigenvalue weighted by molar-refractivity contribution is 7.16. The van der Waals surface area contributed by atoms with Gasteiger partial charge in [-0.25, -0.2) is 14.8 Å². The Balaban J connectivity index is 1.69. The van der Waals surface area contributed by atoms with Crippen LogP contribution in [0.3, 0.4) is 0 Å². The molecular weight excluding hydrogens is 535 g/mol. The standard InChI is InChI=1S/C24H19ClF3N3O3S2/c1-12(2)8-19-20(13-5-6-17(16(25)10-13)34-24(26,27)28)30-23(36-19)31-21-15(22(32)33)9-14(11-29-21)18-4-3-7-35-18/h3-7,9-12H,8H2,1-2H3,(H,32,33)(H,29,30,31). The minimum Gasteiger partial charge on any atom is -0.478 e. The number of thiazole rings is 1. The summed E-state index contributed by atoms with van der Waals surface area (Å²) in [7, 11) is 0. The Morgan fingerprint density at radius 2 is 2.00 bits per heavy atom. The minimum atomic E-state index is -4.86. The maximum atomic E-state index is 12.6. The molecule has 4 rings (SSSR count).